The molecule has 0 unspecified atom stereocenters. The van der Waals surface area contributed by atoms with Crippen molar-refractivity contribution in [3.63, 3.8) is 0 Å². The normalized spacial score (nSPS) is 15.8. The van der Waals surface area contributed by atoms with Crippen molar-refractivity contribution in [3.8, 4) is 11.1 Å². The van der Waals surface area contributed by atoms with Gasteiger partial charge in [-0.3, -0.25) is 4.79 Å². The van der Waals surface area contributed by atoms with Gasteiger partial charge in [0.2, 0.25) is 5.91 Å². The third-order valence-corrected chi connectivity index (χ3v) is 6.62. The minimum absolute atomic E-state index is 0.0524. The molecule has 4 heteroatoms. The van der Waals surface area contributed by atoms with Crippen molar-refractivity contribution in [1.82, 2.24) is 9.55 Å². The largest absolute Gasteiger partial charge is 0.330 e. The SMILES string of the molecule is Cc1ccc(Cn2cncc2CC[C@@H]2CCN(c3ccccc3-c3ccccc3)C2=O)cc1. The molecule has 0 N–H and O–H groups in total. The number of carbonyl (C=O) groups excluding carboxylic acids is 1. The molecular weight excluding hydrogens is 406 g/mol. The van der Waals surface area contributed by atoms with Crippen molar-refractivity contribution in [1.29, 1.82) is 0 Å². The van der Waals surface area contributed by atoms with Gasteiger partial charge in [-0.1, -0.05) is 78.4 Å². The van der Waals surface area contributed by atoms with Crippen molar-refractivity contribution in [2.24, 2.45) is 5.92 Å². The molecule has 3 aromatic carbocycles. The summed E-state index contributed by atoms with van der Waals surface area (Å²) in [6.07, 6.45) is 6.44. The van der Waals surface area contributed by atoms with Gasteiger partial charge in [-0.05, 0) is 43.4 Å². The molecule has 33 heavy (non-hydrogen) atoms. The topological polar surface area (TPSA) is 38.1 Å². The third kappa shape index (κ3) is 4.61. The number of carbonyl (C=O) groups is 1. The zero-order valence-electron chi connectivity index (χ0n) is 19.0. The number of aromatic nitrogens is 2. The summed E-state index contributed by atoms with van der Waals surface area (Å²) in [4.78, 5) is 19.7. The number of imidazole rings is 1. The summed E-state index contributed by atoms with van der Waals surface area (Å²) in [6.45, 7) is 3.69. The van der Waals surface area contributed by atoms with Crippen molar-refractivity contribution in [2.45, 2.75) is 32.7 Å². The van der Waals surface area contributed by atoms with E-state index in [2.05, 4.69) is 65.0 Å². The van der Waals surface area contributed by atoms with E-state index in [9.17, 15) is 4.79 Å². The Hall–Kier alpha value is -3.66. The summed E-state index contributed by atoms with van der Waals surface area (Å²) in [5.41, 5.74) is 6.99. The van der Waals surface area contributed by atoms with E-state index in [4.69, 9.17) is 0 Å². The molecular formula is C29H29N3O. The average Bonchev–Trinajstić information content (AvgIpc) is 3.45. The molecule has 166 valence electrons. The zero-order valence-corrected chi connectivity index (χ0v) is 19.0. The maximum atomic E-state index is 13.4. The molecule has 1 saturated heterocycles. The Bertz CT molecular complexity index is 1230. The minimum Gasteiger partial charge on any atom is -0.330 e. The first kappa shape index (κ1) is 21.2. The van der Waals surface area contributed by atoms with Crippen LogP contribution in [-0.2, 0) is 17.8 Å². The van der Waals surface area contributed by atoms with Crippen molar-refractivity contribution in [2.75, 3.05) is 11.4 Å². The van der Waals surface area contributed by atoms with Gasteiger partial charge in [0.05, 0.1) is 12.0 Å². The molecule has 2 heterocycles. The average molecular weight is 436 g/mol. The first-order valence-corrected chi connectivity index (χ1v) is 11.7. The second kappa shape index (κ2) is 9.45. The number of hydrogen-bond donors (Lipinski definition) is 0. The number of benzene rings is 3. The summed E-state index contributed by atoms with van der Waals surface area (Å²) in [7, 11) is 0. The molecule has 4 aromatic rings. The molecule has 1 atom stereocenters. The highest BCUT2D eigenvalue weighted by Crippen LogP contribution is 2.35. The van der Waals surface area contributed by atoms with Gasteiger partial charge in [-0.25, -0.2) is 4.98 Å². The van der Waals surface area contributed by atoms with E-state index in [1.54, 1.807) is 0 Å². The Labute approximate surface area is 195 Å². The smallest absolute Gasteiger partial charge is 0.230 e. The summed E-state index contributed by atoms with van der Waals surface area (Å²) >= 11 is 0. The van der Waals surface area contributed by atoms with Gasteiger partial charge < -0.3 is 9.47 Å². The number of aryl methyl sites for hydroxylation is 2. The van der Waals surface area contributed by atoms with Gasteiger partial charge in [0.15, 0.2) is 0 Å². The van der Waals surface area contributed by atoms with Crippen LogP contribution in [0.2, 0.25) is 0 Å². The van der Waals surface area contributed by atoms with E-state index >= 15 is 0 Å². The molecule has 0 radical (unpaired) electrons. The lowest BCUT2D eigenvalue weighted by Crippen LogP contribution is -2.27. The van der Waals surface area contributed by atoms with Crippen LogP contribution in [0.5, 0.6) is 0 Å². The molecule has 0 bridgehead atoms. The molecule has 5 rings (SSSR count). The van der Waals surface area contributed by atoms with Crippen LogP contribution in [0.25, 0.3) is 11.1 Å². The van der Waals surface area contributed by atoms with E-state index in [-0.39, 0.29) is 11.8 Å². The van der Waals surface area contributed by atoms with Crippen molar-refractivity contribution < 1.29 is 4.79 Å². The molecule has 4 nitrogen and oxygen atoms in total. The number of amides is 1. The van der Waals surface area contributed by atoms with Gasteiger partial charge in [-0.15, -0.1) is 0 Å². The molecule has 0 spiro atoms. The molecule has 1 aromatic heterocycles. The fourth-order valence-corrected chi connectivity index (χ4v) is 4.73. The Balaban J connectivity index is 1.27. The predicted octanol–water partition coefficient (Wildman–Crippen LogP) is 5.89. The van der Waals surface area contributed by atoms with Crippen LogP contribution >= 0.6 is 0 Å². The number of rotatable bonds is 7. The van der Waals surface area contributed by atoms with Gasteiger partial charge in [0.25, 0.3) is 0 Å². The van der Waals surface area contributed by atoms with E-state index in [0.29, 0.717) is 0 Å². The molecule has 1 aliphatic rings. The van der Waals surface area contributed by atoms with Crippen molar-refractivity contribution >= 4 is 11.6 Å². The lowest BCUT2D eigenvalue weighted by Gasteiger charge is -2.21. The van der Waals surface area contributed by atoms with E-state index in [1.807, 2.05) is 47.8 Å². The van der Waals surface area contributed by atoms with E-state index in [0.717, 1.165) is 49.2 Å². The first-order valence-electron chi connectivity index (χ1n) is 11.7. The number of para-hydroxylation sites is 1. The number of nitrogens with zero attached hydrogens (tertiary/aromatic N) is 3. The van der Waals surface area contributed by atoms with Gasteiger partial charge >= 0.3 is 0 Å². The monoisotopic (exact) mass is 435 g/mol. The van der Waals surface area contributed by atoms with Crippen LogP contribution < -0.4 is 4.90 Å². The Morgan fingerprint density at radius 2 is 1.70 bits per heavy atom. The van der Waals surface area contributed by atoms with Crippen LogP contribution in [-0.4, -0.2) is 22.0 Å². The molecule has 0 aliphatic carbocycles. The van der Waals surface area contributed by atoms with Crippen LogP contribution in [0, 0.1) is 12.8 Å². The summed E-state index contributed by atoms with van der Waals surface area (Å²) < 4.78 is 2.20. The van der Waals surface area contributed by atoms with Gasteiger partial charge in [-0.2, -0.15) is 0 Å². The third-order valence-electron chi connectivity index (χ3n) is 6.62. The first-order chi connectivity index (χ1) is 16.2. The fraction of sp³-hybridized carbons (Fsp3) is 0.241. The lowest BCUT2D eigenvalue weighted by atomic mass is 10.00. The van der Waals surface area contributed by atoms with Crippen LogP contribution in [0.4, 0.5) is 5.69 Å². The lowest BCUT2D eigenvalue weighted by molar-refractivity contribution is -0.120. The maximum absolute atomic E-state index is 13.4. The Morgan fingerprint density at radius 1 is 0.939 bits per heavy atom. The second-order valence-electron chi connectivity index (χ2n) is 8.90. The highest BCUT2D eigenvalue weighted by atomic mass is 16.2. The van der Waals surface area contributed by atoms with E-state index in [1.165, 1.54) is 16.8 Å². The minimum atomic E-state index is 0.0524. The number of anilines is 1. The number of hydrogen-bond acceptors (Lipinski definition) is 2. The van der Waals surface area contributed by atoms with Crippen molar-refractivity contribution in [3.05, 3.63) is 108 Å². The van der Waals surface area contributed by atoms with Gasteiger partial charge in [0.1, 0.15) is 0 Å². The van der Waals surface area contributed by atoms with Crippen LogP contribution in [0.1, 0.15) is 29.7 Å². The highest BCUT2D eigenvalue weighted by molar-refractivity contribution is 6.00. The standard InChI is InChI=1S/C29H29N3O/c1-22-11-13-23(14-12-22)20-31-21-30-19-26(31)16-15-25-17-18-32(29(25)33)28-10-6-5-9-27(28)24-7-3-2-4-8-24/h2-14,19,21,25H,15-18,20H2,1H3/t25-/m1/s1. The maximum Gasteiger partial charge on any atom is 0.230 e. The molecule has 1 fully saturated rings. The molecule has 1 aliphatic heterocycles. The quantitative estimate of drug-likeness (QED) is 0.363. The fourth-order valence-electron chi connectivity index (χ4n) is 4.73. The van der Waals surface area contributed by atoms with E-state index < -0.39 is 0 Å². The summed E-state index contributed by atoms with van der Waals surface area (Å²) in [5.74, 6) is 0.291. The second-order valence-corrected chi connectivity index (χ2v) is 8.90. The Morgan fingerprint density at radius 3 is 2.52 bits per heavy atom. The molecule has 0 saturated carbocycles. The summed E-state index contributed by atoms with van der Waals surface area (Å²) in [5, 5.41) is 0. The predicted molar refractivity (Wildman–Crippen MR) is 133 cm³/mol. The highest BCUT2D eigenvalue weighted by Gasteiger charge is 2.33. The van der Waals surface area contributed by atoms with Crippen LogP contribution in [0.3, 0.4) is 0 Å². The summed E-state index contributed by atoms with van der Waals surface area (Å²) in [6, 6.07) is 27.2. The molecule has 1 amide bonds. The zero-order chi connectivity index (χ0) is 22.6. The Kier molecular flexibility index (Phi) is 6.07. The van der Waals surface area contributed by atoms with Crippen LogP contribution in [0.15, 0.2) is 91.4 Å². The van der Waals surface area contributed by atoms with Gasteiger partial charge in [0, 0.05) is 36.5 Å².